The number of carbonyl (C=O) groups excluding carboxylic acids is 2. The number of hydrogen-bond donors (Lipinski definition) is 1. The molecule has 0 spiro atoms. The number of nitrogens with one attached hydrogen (secondary N) is 1. The highest BCUT2D eigenvalue weighted by molar-refractivity contribution is 7.16. The Morgan fingerprint density at radius 2 is 2.04 bits per heavy atom. The van der Waals surface area contributed by atoms with Crippen molar-refractivity contribution in [1.82, 2.24) is 15.1 Å². The lowest BCUT2D eigenvalue weighted by atomic mass is 10.1. The normalized spacial score (nSPS) is 18.3. The van der Waals surface area contributed by atoms with Crippen LogP contribution in [-0.4, -0.2) is 61.1 Å². The Hall–Kier alpha value is -1.67. The summed E-state index contributed by atoms with van der Waals surface area (Å²) in [5, 5.41) is 3.79. The minimum absolute atomic E-state index is 0.315. The van der Waals surface area contributed by atoms with Crippen molar-refractivity contribution >= 4 is 28.2 Å². The second-order valence-corrected chi connectivity index (χ2v) is 8.85. The van der Waals surface area contributed by atoms with Crippen molar-refractivity contribution in [2.75, 3.05) is 44.4 Å². The molecule has 1 N–H and O–H groups in total. The highest BCUT2D eigenvalue weighted by Crippen LogP contribution is 2.40. The summed E-state index contributed by atoms with van der Waals surface area (Å²) in [6, 6.07) is 0. The molecule has 1 saturated heterocycles. The molecule has 0 bridgehead atoms. The van der Waals surface area contributed by atoms with E-state index in [2.05, 4.69) is 35.9 Å². The molecule has 27 heavy (non-hydrogen) atoms. The van der Waals surface area contributed by atoms with E-state index in [1.54, 1.807) is 16.2 Å². The number of hydrogen-bond acceptors (Lipinski definition) is 5. The minimum atomic E-state index is -0.520. The lowest BCUT2D eigenvalue weighted by Gasteiger charge is -2.37. The first kappa shape index (κ1) is 20.1. The molecule has 1 fully saturated rings. The topological polar surface area (TPSA) is 55.9 Å². The van der Waals surface area contributed by atoms with Gasteiger partial charge in [-0.2, -0.15) is 0 Å². The highest BCUT2D eigenvalue weighted by atomic mass is 32.1. The molecule has 8 heteroatoms. The average Bonchev–Trinajstić information content (AvgIpc) is 2.93. The molecule has 0 aromatic carbocycles. The molecule has 0 saturated carbocycles. The van der Waals surface area contributed by atoms with Gasteiger partial charge in [-0.25, -0.2) is 0 Å². The van der Waals surface area contributed by atoms with Crippen molar-refractivity contribution in [1.29, 1.82) is 0 Å². The number of halogens is 1. The average molecular weight is 397 g/mol. The van der Waals surface area contributed by atoms with E-state index in [1.165, 1.54) is 16.1 Å². The third-order valence-electron chi connectivity index (χ3n) is 5.06. The van der Waals surface area contributed by atoms with E-state index in [1.807, 2.05) is 0 Å². The first-order chi connectivity index (χ1) is 12.9. The zero-order valence-electron chi connectivity index (χ0n) is 16.4. The second-order valence-electron chi connectivity index (χ2n) is 7.77. The van der Waals surface area contributed by atoms with Gasteiger partial charge < -0.3 is 15.1 Å². The molecule has 2 aliphatic rings. The molecular formula is C19H29FN4O2S. The molecule has 150 valence electrons. The van der Waals surface area contributed by atoms with Crippen LogP contribution in [0.2, 0.25) is 0 Å². The molecule has 3 rings (SSSR count). The summed E-state index contributed by atoms with van der Waals surface area (Å²) < 4.78 is 12.8. The Morgan fingerprint density at radius 1 is 1.26 bits per heavy atom. The number of fused-ring (bicyclic) bond motifs is 1. The molecule has 0 radical (unpaired) electrons. The van der Waals surface area contributed by atoms with E-state index in [-0.39, 0.29) is 6.67 Å². The van der Waals surface area contributed by atoms with Gasteiger partial charge in [0.1, 0.15) is 0 Å². The van der Waals surface area contributed by atoms with Crippen LogP contribution < -0.4 is 10.2 Å². The zero-order valence-corrected chi connectivity index (χ0v) is 17.2. The van der Waals surface area contributed by atoms with Crippen LogP contribution in [0.4, 0.5) is 9.39 Å². The van der Waals surface area contributed by atoms with E-state index in [4.69, 9.17) is 0 Å². The van der Waals surface area contributed by atoms with Crippen LogP contribution in [0.25, 0.3) is 0 Å². The maximum Gasteiger partial charge on any atom is 0.312 e. The van der Waals surface area contributed by atoms with Crippen molar-refractivity contribution in [2.24, 2.45) is 5.92 Å². The van der Waals surface area contributed by atoms with Crippen molar-refractivity contribution in [2.45, 2.75) is 40.3 Å². The Kier molecular flexibility index (Phi) is 6.37. The molecule has 2 amide bonds. The zero-order chi connectivity index (χ0) is 19.6. The van der Waals surface area contributed by atoms with Gasteiger partial charge >= 0.3 is 11.8 Å². The SMILES string of the molecule is Cc1c(CN2CCNC(=O)C2=O)sc2c1CN(CC(C)C)CN2CCCF. The highest BCUT2D eigenvalue weighted by Gasteiger charge is 2.31. The third-order valence-corrected chi connectivity index (χ3v) is 6.44. The first-order valence-electron chi connectivity index (χ1n) is 9.62. The molecule has 1 aromatic rings. The van der Waals surface area contributed by atoms with Crippen molar-refractivity contribution < 1.29 is 14.0 Å². The molecular weight excluding hydrogens is 367 g/mol. The van der Waals surface area contributed by atoms with Crippen LogP contribution in [0.1, 0.15) is 36.3 Å². The fourth-order valence-electron chi connectivity index (χ4n) is 3.77. The van der Waals surface area contributed by atoms with E-state index >= 15 is 0 Å². The minimum Gasteiger partial charge on any atom is -0.350 e. The molecule has 6 nitrogen and oxygen atoms in total. The van der Waals surface area contributed by atoms with Gasteiger partial charge in [0, 0.05) is 43.2 Å². The largest absolute Gasteiger partial charge is 0.350 e. The third kappa shape index (κ3) is 4.43. The fourth-order valence-corrected chi connectivity index (χ4v) is 5.12. The van der Waals surface area contributed by atoms with Crippen LogP contribution >= 0.6 is 11.3 Å². The van der Waals surface area contributed by atoms with Crippen molar-refractivity contribution in [3.8, 4) is 0 Å². The summed E-state index contributed by atoms with van der Waals surface area (Å²) in [5.41, 5.74) is 2.49. The van der Waals surface area contributed by atoms with Gasteiger partial charge in [-0.1, -0.05) is 13.8 Å². The quantitative estimate of drug-likeness (QED) is 0.718. The Labute approximate surface area is 164 Å². The van der Waals surface area contributed by atoms with E-state index < -0.39 is 11.8 Å². The standard InChI is InChI=1S/C19H29FN4O2S/c1-13(2)9-22-10-15-14(3)16(11-23-8-6-21-17(25)18(23)26)27-19(15)24(12-22)7-4-5-20/h13H,4-12H2,1-3H3,(H,21,25). The Morgan fingerprint density at radius 3 is 2.74 bits per heavy atom. The molecule has 0 aliphatic carbocycles. The first-order valence-corrected chi connectivity index (χ1v) is 10.4. The van der Waals surface area contributed by atoms with Crippen LogP contribution in [-0.2, 0) is 22.7 Å². The lowest BCUT2D eigenvalue weighted by Crippen LogP contribution is -2.51. The van der Waals surface area contributed by atoms with Crippen LogP contribution in [0, 0.1) is 12.8 Å². The molecule has 2 aliphatic heterocycles. The van der Waals surface area contributed by atoms with Crippen LogP contribution in [0.3, 0.4) is 0 Å². The number of carbonyl (C=O) groups is 2. The maximum atomic E-state index is 12.8. The number of piperazine rings is 1. The molecule has 3 heterocycles. The predicted octanol–water partition coefficient (Wildman–Crippen LogP) is 2.11. The smallest absolute Gasteiger partial charge is 0.312 e. The van der Waals surface area contributed by atoms with Gasteiger partial charge in [0.15, 0.2) is 0 Å². The molecule has 0 atom stereocenters. The predicted molar refractivity (Wildman–Crippen MR) is 106 cm³/mol. The van der Waals surface area contributed by atoms with E-state index in [0.717, 1.165) is 24.6 Å². The summed E-state index contributed by atoms with van der Waals surface area (Å²) in [4.78, 5) is 31.2. The number of rotatable bonds is 7. The number of alkyl halides is 1. The van der Waals surface area contributed by atoms with E-state index in [9.17, 15) is 14.0 Å². The van der Waals surface area contributed by atoms with Gasteiger partial charge in [-0.05, 0) is 24.8 Å². The van der Waals surface area contributed by atoms with Gasteiger partial charge in [0.05, 0.1) is 24.9 Å². The van der Waals surface area contributed by atoms with Crippen LogP contribution in [0.15, 0.2) is 0 Å². The van der Waals surface area contributed by atoms with Gasteiger partial charge in [-0.3, -0.25) is 18.9 Å². The van der Waals surface area contributed by atoms with E-state index in [0.29, 0.717) is 38.5 Å². The Balaban J connectivity index is 1.83. The van der Waals surface area contributed by atoms with Crippen molar-refractivity contribution in [3.63, 3.8) is 0 Å². The van der Waals surface area contributed by atoms with Crippen molar-refractivity contribution in [3.05, 3.63) is 16.0 Å². The number of anilines is 1. The number of thiophene rings is 1. The van der Waals surface area contributed by atoms with Gasteiger partial charge in [0.25, 0.3) is 0 Å². The summed E-state index contributed by atoms with van der Waals surface area (Å²) in [7, 11) is 0. The van der Waals surface area contributed by atoms with Crippen LogP contribution in [0.5, 0.6) is 0 Å². The van der Waals surface area contributed by atoms with Gasteiger partial charge in [0.2, 0.25) is 0 Å². The fraction of sp³-hybridized carbons (Fsp3) is 0.684. The molecule has 1 aromatic heterocycles. The lowest BCUT2D eigenvalue weighted by molar-refractivity contribution is -0.148. The second kappa shape index (κ2) is 8.56. The monoisotopic (exact) mass is 396 g/mol. The summed E-state index contributed by atoms with van der Waals surface area (Å²) in [6.45, 7) is 11.1. The number of nitrogens with zero attached hydrogens (tertiary/aromatic N) is 3. The Bertz CT molecular complexity index is 706. The number of amides is 2. The summed E-state index contributed by atoms with van der Waals surface area (Å²) in [6.07, 6.45) is 0.520. The summed E-state index contributed by atoms with van der Waals surface area (Å²) in [5.74, 6) is -0.409. The maximum absolute atomic E-state index is 12.8. The molecule has 0 unspecified atom stereocenters. The van der Waals surface area contributed by atoms with Gasteiger partial charge in [-0.15, -0.1) is 11.3 Å². The summed E-state index contributed by atoms with van der Waals surface area (Å²) >= 11 is 1.69.